The van der Waals surface area contributed by atoms with Gasteiger partial charge in [0.15, 0.2) is 0 Å². The van der Waals surface area contributed by atoms with Gasteiger partial charge in [0, 0.05) is 10.7 Å². The zero-order valence-corrected chi connectivity index (χ0v) is 12.9. The molecule has 0 radical (unpaired) electrons. The summed E-state index contributed by atoms with van der Waals surface area (Å²) in [7, 11) is 0. The normalized spacial score (nSPS) is 10.3. The molecule has 21 heavy (non-hydrogen) atoms. The number of nitriles is 1. The minimum absolute atomic E-state index is 0.342. The van der Waals surface area contributed by atoms with Crippen molar-refractivity contribution in [3.63, 3.8) is 0 Å². The molecule has 1 heterocycles. The van der Waals surface area contributed by atoms with E-state index < -0.39 is 0 Å². The van der Waals surface area contributed by atoms with E-state index in [9.17, 15) is 5.26 Å². The molecule has 1 aromatic heterocycles. The summed E-state index contributed by atoms with van der Waals surface area (Å²) in [5, 5.41) is 11.4. The van der Waals surface area contributed by atoms with Crippen molar-refractivity contribution in [2.75, 3.05) is 0 Å². The summed E-state index contributed by atoms with van der Waals surface area (Å²) in [6.07, 6.45) is 1.64. The van der Waals surface area contributed by atoms with Gasteiger partial charge in [0.25, 0.3) is 0 Å². The standard InChI is InChI=1S/C17H11BrN2O/c1-11-6-7-20-17(16(11)10-19)21-15-5-3-12-8-14(18)4-2-13(12)9-15/h2-9H,1H3. The van der Waals surface area contributed by atoms with Gasteiger partial charge in [0.2, 0.25) is 5.88 Å². The van der Waals surface area contributed by atoms with Crippen LogP contribution in [0.2, 0.25) is 0 Å². The molecule has 0 atom stereocenters. The number of fused-ring (bicyclic) bond motifs is 1. The van der Waals surface area contributed by atoms with Gasteiger partial charge >= 0.3 is 0 Å². The van der Waals surface area contributed by atoms with Crippen LogP contribution in [-0.4, -0.2) is 4.98 Å². The second-order valence-electron chi connectivity index (χ2n) is 4.68. The number of hydrogen-bond donors (Lipinski definition) is 0. The fourth-order valence-electron chi connectivity index (χ4n) is 2.12. The average molecular weight is 339 g/mol. The summed E-state index contributed by atoms with van der Waals surface area (Å²) >= 11 is 3.45. The summed E-state index contributed by atoms with van der Waals surface area (Å²) < 4.78 is 6.81. The van der Waals surface area contributed by atoms with E-state index in [0.29, 0.717) is 17.2 Å². The number of aromatic nitrogens is 1. The minimum atomic E-state index is 0.342. The van der Waals surface area contributed by atoms with Gasteiger partial charge in [0.05, 0.1) is 0 Å². The lowest BCUT2D eigenvalue weighted by atomic mass is 10.1. The maximum atomic E-state index is 9.20. The molecule has 3 aromatic rings. The quantitative estimate of drug-likeness (QED) is 0.662. The summed E-state index contributed by atoms with van der Waals surface area (Å²) in [4.78, 5) is 4.15. The van der Waals surface area contributed by atoms with Gasteiger partial charge in [-0.3, -0.25) is 0 Å². The number of ether oxygens (including phenoxy) is 1. The molecule has 0 aliphatic heterocycles. The molecule has 102 valence electrons. The molecule has 0 amide bonds. The highest BCUT2D eigenvalue weighted by Crippen LogP contribution is 2.28. The monoisotopic (exact) mass is 338 g/mol. The van der Waals surface area contributed by atoms with Crippen molar-refractivity contribution >= 4 is 26.7 Å². The third-order valence-electron chi connectivity index (χ3n) is 3.22. The fourth-order valence-corrected chi connectivity index (χ4v) is 2.50. The van der Waals surface area contributed by atoms with E-state index in [0.717, 1.165) is 20.8 Å². The lowest BCUT2D eigenvalue weighted by molar-refractivity contribution is 0.461. The van der Waals surface area contributed by atoms with Crippen molar-refractivity contribution in [3.05, 3.63) is 64.3 Å². The van der Waals surface area contributed by atoms with Crippen LogP contribution in [0, 0.1) is 18.3 Å². The second-order valence-corrected chi connectivity index (χ2v) is 5.59. The summed E-state index contributed by atoms with van der Waals surface area (Å²) in [5.74, 6) is 1.01. The van der Waals surface area contributed by atoms with Crippen molar-refractivity contribution in [1.82, 2.24) is 4.98 Å². The Kier molecular flexibility index (Phi) is 3.59. The fraction of sp³-hybridized carbons (Fsp3) is 0.0588. The highest BCUT2D eigenvalue weighted by atomic mass is 79.9. The maximum absolute atomic E-state index is 9.20. The first-order valence-corrected chi connectivity index (χ1v) is 7.19. The first kappa shape index (κ1) is 13.6. The lowest BCUT2D eigenvalue weighted by Crippen LogP contribution is -1.94. The van der Waals surface area contributed by atoms with Crippen molar-refractivity contribution in [2.24, 2.45) is 0 Å². The van der Waals surface area contributed by atoms with E-state index in [2.05, 4.69) is 27.0 Å². The molecular weight excluding hydrogens is 328 g/mol. The molecule has 3 rings (SSSR count). The lowest BCUT2D eigenvalue weighted by Gasteiger charge is -2.08. The summed E-state index contributed by atoms with van der Waals surface area (Å²) in [5.41, 5.74) is 1.32. The minimum Gasteiger partial charge on any atom is -0.438 e. The molecule has 0 aliphatic carbocycles. The molecule has 3 nitrogen and oxygen atoms in total. The van der Waals surface area contributed by atoms with Crippen LogP contribution in [0.4, 0.5) is 0 Å². The molecule has 0 unspecified atom stereocenters. The topological polar surface area (TPSA) is 45.9 Å². The number of hydrogen-bond acceptors (Lipinski definition) is 3. The zero-order chi connectivity index (χ0) is 14.8. The predicted octanol–water partition coefficient (Wildman–Crippen LogP) is 4.97. The van der Waals surface area contributed by atoms with Crippen LogP contribution in [-0.2, 0) is 0 Å². The summed E-state index contributed by atoms with van der Waals surface area (Å²) in [6.45, 7) is 1.87. The molecule has 0 bridgehead atoms. The van der Waals surface area contributed by atoms with Crippen molar-refractivity contribution in [1.29, 1.82) is 5.26 Å². The molecule has 0 saturated heterocycles. The van der Waals surface area contributed by atoms with E-state index in [1.54, 1.807) is 12.3 Å². The number of nitrogens with zero attached hydrogens (tertiary/aromatic N) is 2. The zero-order valence-electron chi connectivity index (χ0n) is 11.3. The molecule has 0 fully saturated rings. The Labute approximate surface area is 130 Å². The van der Waals surface area contributed by atoms with Gasteiger partial charge in [0.1, 0.15) is 17.4 Å². The van der Waals surface area contributed by atoms with Gasteiger partial charge in [-0.25, -0.2) is 4.98 Å². The smallest absolute Gasteiger partial charge is 0.237 e. The number of pyridine rings is 1. The van der Waals surface area contributed by atoms with E-state index in [1.165, 1.54) is 0 Å². The van der Waals surface area contributed by atoms with E-state index >= 15 is 0 Å². The van der Waals surface area contributed by atoms with E-state index in [-0.39, 0.29) is 0 Å². The first-order chi connectivity index (χ1) is 10.2. The number of halogens is 1. The number of benzene rings is 2. The molecule has 0 aliphatic rings. The van der Waals surface area contributed by atoms with Gasteiger partial charge < -0.3 is 4.74 Å². The molecule has 0 saturated carbocycles. The number of aryl methyl sites for hydroxylation is 1. The van der Waals surface area contributed by atoms with E-state index in [1.807, 2.05) is 43.3 Å². The Morgan fingerprint density at radius 3 is 2.67 bits per heavy atom. The van der Waals surface area contributed by atoms with Crippen LogP contribution in [0.15, 0.2) is 53.1 Å². The van der Waals surface area contributed by atoms with Gasteiger partial charge in [-0.2, -0.15) is 5.26 Å². The van der Waals surface area contributed by atoms with Crippen LogP contribution in [0.1, 0.15) is 11.1 Å². The molecule has 4 heteroatoms. The highest BCUT2D eigenvalue weighted by Gasteiger charge is 2.09. The third kappa shape index (κ3) is 2.74. The highest BCUT2D eigenvalue weighted by molar-refractivity contribution is 9.10. The number of rotatable bonds is 2. The van der Waals surface area contributed by atoms with Crippen LogP contribution in [0.25, 0.3) is 10.8 Å². The Bertz CT molecular complexity index is 868. The third-order valence-corrected chi connectivity index (χ3v) is 3.72. The predicted molar refractivity (Wildman–Crippen MR) is 85.4 cm³/mol. The second kappa shape index (κ2) is 5.55. The van der Waals surface area contributed by atoms with Crippen LogP contribution in [0.5, 0.6) is 11.6 Å². The molecular formula is C17H11BrN2O. The first-order valence-electron chi connectivity index (χ1n) is 6.40. The Morgan fingerprint density at radius 2 is 1.86 bits per heavy atom. The van der Waals surface area contributed by atoms with Crippen molar-refractivity contribution in [2.45, 2.75) is 6.92 Å². The SMILES string of the molecule is Cc1ccnc(Oc2ccc3cc(Br)ccc3c2)c1C#N. The average Bonchev–Trinajstić information content (AvgIpc) is 2.48. The molecule has 2 aromatic carbocycles. The molecule has 0 spiro atoms. The van der Waals surface area contributed by atoms with Gasteiger partial charge in [-0.15, -0.1) is 0 Å². The summed E-state index contributed by atoms with van der Waals surface area (Å²) in [6, 6.07) is 15.8. The van der Waals surface area contributed by atoms with Crippen LogP contribution >= 0.6 is 15.9 Å². The largest absolute Gasteiger partial charge is 0.438 e. The van der Waals surface area contributed by atoms with E-state index in [4.69, 9.17) is 4.74 Å². The van der Waals surface area contributed by atoms with Crippen molar-refractivity contribution < 1.29 is 4.74 Å². The molecule has 0 N–H and O–H groups in total. The van der Waals surface area contributed by atoms with Gasteiger partial charge in [-0.05, 0) is 53.6 Å². The maximum Gasteiger partial charge on any atom is 0.237 e. The Hall–Kier alpha value is -2.38. The Balaban J connectivity index is 2.01. The van der Waals surface area contributed by atoms with Crippen LogP contribution < -0.4 is 4.74 Å². The van der Waals surface area contributed by atoms with Crippen LogP contribution in [0.3, 0.4) is 0 Å². The van der Waals surface area contributed by atoms with Crippen molar-refractivity contribution in [3.8, 4) is 17.7 Å². The Morgan fingerprint density at radius 1 is 1.10 bits per heavy atom. The van der Waals surface area contributed by atoms with Gasteiger partial charge in [-0.1, -0.05) is 28.1 Å².